The maximum absolute atomic E-state index is 11.9. The summed E-state index contributed by atoms with van der Waals surface area (Å²) in [6.07, 6.45) is 1.57. The van der Waals surface area contributed by atoms with E-state index in [0.717, 1.165) is 16.6 Å². The molecule has 3 rings (SSSR count). The summed E-state index contributed by atoms with van der Waals surface area (Å²) in [6, 6.07) is 14.6. The summed E-state index contributed by atoms with van der Waals surface area (Å²) in [5, 5.41) is 5.14. The smallest absolute Gasteiger partial charge is 0.313 e. The van der Waals surface area contributed by atoms with Crippen molar-refractivity contribution in [3.05, 3.63) is 60.4 Å². The zero-order chi connectivity index (χ0) is 15.4. The molecule has 0 spiro atoms. The Morgan fingerprint density at radius 1 is 1.05 bits per heavy atom. The number of nitrogens with zero attached hydrogens (tertiary/aromatic N) is 1. The van der Waals surface area contributed by atoms with E-state index in [1.165, 1.54) is 0 Å². The van der Waals surface area contributed by atoms with Gasteiger partial charge < -0.3 is 15.6 Å². The standard InChI is InChI=1S/C16H14N4O2/c21-15(17-9-11-4-2-1-3-5-11)16(22)20-12-6-7-13-14(8-12)19-10-18-13/h1-8,10H,9H2,(H,17,21)(H,18,19)(H,20,22). The van der Waals surface area contributed by atoms with Crippen LogP contribution in [-0.2, 0) is 16.1 Å². The summed E-state index contributed by atoms with van der Waals surface area (Å²) >= 11 is 0. The van der Waals surface area contributed by atoms with Crippen LogP contribution in [0.5, 0.6) is 0 Å². The van der Waals surface area contributed by atoms with E-state index < -0.39 is 11.8 Å². The van der Waals surface area contributed by atoms with Crippen LogP contribution in [0.2, 0.25) is 0 Å². The molecule has 6 nitrogen and oxygen atoms in total. The molecule has 0 atom stereocenters. The number of hydrogen-bond acceptors (Lipinski definition) is 3. The monoisotopic (exact) mass is 294 g/mol. The van der Waals surface area contributed by atoms with E-state index in [0.29, 0.717) is 12.2 Å². The Morgan fingerprint density at radius 3 is 2.68 bits per heavy atom. The maximum Gasteiger partial charge on any atom is 0.313 e. The Hall–Kier alpha value is -3.15. The number of anilines is 1. The lowest BCUT2D eigenvalue weighted by atomic mass is 10.2. The average molecular weight is 294 g/mol. The molecule has 0 aliphatic carbocycles. The van der Waals surface area contributed by atoms with Crippen LogP contribution >= 0.6 is 0 Å². The first-order valence-corrected chi connectivity index (χ1v) is 6.78. The summed E-state index contributed by atoms with van der Waals surface area (Å²) in [4.78, 5) is 30.7. The van der Waals surface area contributed by atoms with Crippen LogP contribution < -0.4 is 10.6 Å². The van der Waals surface area contributed by atoms with Crippen molar-refractivity contribution in [3.63, 3.8) is 0 Å². The lowest BCUT2D eigenvalue weighted by Crippen LogP contribution is -2.34. The third kappa shape index (κ3) is 3.12. The highest BCUT2D eigenvalue weighted by molar-refractivity contribution is 6.39. The van der Waals surface area contributed by atoms with Crippen molar-refractivity contribution in [1.82, 2.24) is 15.3 Å². The van der Waals surface area contributed by atoms with Crippen LogP contribution in [0.25, 0.3) is 11.0 Å². The largest absolute Gasteiger partial charge is 0.345 e. The van der Waals surface area contributed by atoms with Gasteiger partial charge in [0, 0.05) is 12.2 Å². The van der Waals surface area contributed by atoms with Crippen molar-refractivity contribution in [2.75, 3.05) is 5.32 Å². The Kier molecular flexibility index (Phi) is 3.82. The quantitative estimate of drug-likeness (QED) is 0.644. The SMILES string of the molecule is O=C(NCc1ccccc1)C(=O)Nc1ccc2nc[nH]c2c1. The van der Waals surface area contributed by atoms with Gasteiger partial charge in [-0.1, -0.05) is 30.3 Å². The predicted molar refractivity (Wildman–Crippen MR) is 83.0 cm³/mol. The zero-order valence-corrected chi connectivity index (χ0v) is 11.7. The van der Waals surface area contributed by atoms with E-state index in [-0.39, 0.29) is 0 Å². The van der Waals surface area contributed by atoms with Crippen molar-refractivity contribution < 1.29 is 9.59 Å². The van der Waals surface area contributed by atoms with Gasteiger partial charge in [0.2, 0.25) is 0 Å². The highest BCUT2D eigenvalue weighted by atomic mass is 16.2. The second-order valence-corrected chi connectivity index (χ2v) is 4.76. The first-order valence-electron chi connectivity index (χ1n) is 6.78. The molecule has 0 fully saturated rings. The van der Waals surface area contributed by atoms with E-state index in [2.05, 4.69) is 20.6 Å². The Labute approximate surface area is 126 Å². The fourth-order valence-corrected chi connectivity index (χ4v) is 2.06. The second-order valence-electron chi connectivity index (χ2n) is 4.76. The molecule has 1 heterocycles. The van der Waals surface area contributed by atoms with Gasteiger partial charge in [-0.25, -0.2) is 4.98 Å². The third-order valence-corrected chi connectivity index (χ3v) is 3.18. The van der Waals surface area contributed by atoms with Crippen LogP contribution in [0.4, 0.5) is 5.69 Å². The second kappa shape index (κ2) is 6.09. The Morgan fingerprint density at radius 2 is 1.86 bits per heavy atom. The highest BCUT2D eigenvalue weighted by Gasteiger charge is 2.13. The third-order valence-electron chi connectivity index (χ3n) is 3.18. The van der Waals surface area contributed by atoms with E-state index in [9.17, 15) is 9.59 Å². The average Bonchev–Trinajstić information content (AvgIpc) is 3.01. The molecule has 0 aliphatic heterocycles. The number of hydrogen-bond donors (Lipinski definition) is 3. The van der Waals surface area contributed by atoms with Gasteiger partial charge in [-0.15, -0.1) is 0 Å². The number of carbonyl (C=O) groups is 2. The molecule has 2 aromatic carbocycles. The molecule has 3 N–H and O–H groups in total. The molecular weight excluding hydrogens is 280 g/mol. The molecule has 0 saturated carbocycles. The predicted octanol–water partition coefficient (Wildman–Crippen LogP) is 1.82. The van der Waals surface area contributed by atoms with Gasteiger partial charge in [0.05, 0.1) is 17.4 Å². The highest BCUT2D eigenvalue weighted by Crippen LogP contribution is 2.15. The molecule has 0 aliphatic rings. The number of carbonyl (C=O) groups excluding carboxylic acids is 2. The number of H-pyrrole nitrogens is 1. The van der Waals surface area contributed by atoms with Gasteiger partial charge in [0.1, 0.15) is 0 Å². The molecule has 6 heteroatoms. The summed E-state index contributed by atoms with van der Waals surface area (Å²) in [6.45, 7) is 0.312. The van der Waals surface area contributed by atoms with Gasteiger partial charge in [-0.3, -0.25) is 9.59 Å². The zero-order valence-electron chi connectivity index (χ0n) is 11.7. The van der Waals surface area contributed by atoms with Gasteiger partial charge >= 0.3 is 11.8 Å². The fourth-order valence-electron chi connectivity index (χ4n) is 2.06. The first-order chi connectivity index (χ1) is 10.7. The van der Waals surface area contributed by atoms with Crippen LogP contribution in [0, 0.1) is 0 Å². The number of imidazole rings is 1. The maximum atomic E-state index is 11.9. The number of fused-ring (bicyclic) bond motifs is 1. The van der Waals surface area contributed by atoms with Crippen molar-refractivity contribution in [3.8, 4) is 0 Å². The minimum absolute atomic E-state index is 0.312. The Balaban J connectivity index is 1.59. The number of nitrogens with one attached hydrogen (secondary N) is 3. The topological polar surface area (TPSA) is 86.9 Å². The Bertz CT molecular complexity index is 811. The number of benzene rings is 2. The summed E-state index contributed by atoms with van der Waals surface area (Å²) < 4.78 is 0. The molecule has 1 aromatic heterocycles. The van der Waals surface area contributed by atoms with Crippen LogP contribution in [0.1, 0.15) is 5.56 Å². The lowest BCUT2D eigenvalue weighted by molar-refractivity contribution is -0.136. The van der Waals surface area contributed by atoms with E-state index in [1.807, 2.05) is 30.3 Å². The van der Waals surface area contributed by atoms with Gasteiger partial charge in [0.15, 0.2) is 0 Å². The number of amides is 2. The van der Waals surface area contributed by atoms with Gasteiger partial charge in [0.25, 0.3) is 0 Å². The first kappa shape index (κ1) is 13.8. The molecule has 3 aromatic rings. The molecule has 0 saturated heterocycles. The molecule has 2 amide bonds. The van der Waals surface area contributed by atoms with Crippen molar-refractivity contribution in [1.29, 1.82) is 0 Å². The molecule has 0 radical (unpaired) electrons. The van der Waals surface area contributed by atoms with Crippen LogP contribution in [0.3, 0.4) is 0 Å². The number of rotatable bonds is 3. The summed E-state index contributed by atoms with van der Waals surface area (Å²) in [7, 11) is 0. The van der Waals surface area contributed by atoms with Crippen molar-refractivity contribution >= 4 is 28.5 Å². The van der Waals surface area contributed by atoms with Crippen LogP contribution in [-0.4, -0.2) is 21.8 Å². The van der Waals surface area contributed by atoms with Crippen LogP contribution in [0.15, 0.2) is 54.9 Å². The normalized spacial score (nSPS) is 10.4. The number of aromatic amines is 1. The molecule has 0 unspecified atom stereocenters. The number of aromatic nitrogens is 2. The van der Waals surface area contributed by atoms with E-state index in [1.54, 1.807) is 24.5 Å². The minimum Gasteiger partial charge on any atom is -0.345 e. The summed E-state index contributed by atoms with van der Waals surface area (Å²) in [5.41, 5.74) is 3.06. The van der Waals surface area contributed by atoms with Crippen molar-refractivity contribution in [2.45, 2.75) is 6.54 Å². The van der Waals surface area contributed by atoms with Gasteiger partial charge in [-0.2, -0.15) is 0 Å². The molecule has 22 heavy (non-hydrogen) atoms. The van der Waals surface area contributed by atoms with Crippen molar-refractivity contribution in [2.24, 2.45) is 0 Å². The molecule has 0 bridgehead atoms. The van der Waals surface area contributed by atoms with E-state index >= 15 is 0 Å². The fraction of sp³-hybridized carbons (Fsp3) is 0.0625. The minimum atomic E-state index is -0.699. The lowest BCUT2D eigenvalue weighted by Gasteiger charge is -2.06. The molecule has 110 valence electrons. The van der Waals surface area contributed by atoms with Gasteiger partial charge in [-0.05, 0) is 23.8 Å². The summed E-state index contributed by atoms with van der Waals surface area (Å²) in [5.74, 6) is -1.37. The van der Waals surface area contributed by atoms with E-state index in [4.69, 9.17) is 0 Å². The molecular formula is C16H14N4O2.